The van der Waals surface area contributed by atoms with Gasteiger partial charge in [-0.05, 0) is 24.5 Å². The summed E-state index contributed by atoms with van der Waals surface area (Å²) >= 11 is 0. The summed E-state index contributed by atoms with van der Waals surface area (Å²) in [6.07, 6.45) is 6.64. The van der Waals surface area contributed by atoms with Gasteiger partial charge in [0.15, 0.2) is 5.69 Å². The summed E-state index contributed by atoms with van der Waals surface area (Å²) in [5.41, 5.74) is 0.235. The molecule has 1 aliphatic rings. The topological polar surface area (TPSA) is 64.1 Å². The minimum absolute atomic E-state index is 0.235. The number of nitrogens with zero attached hydrogens (tertiary/aromatic N) is 2. The second-order valence-corrected chi connectivity index (χ2v) is 4.66. The number of anilines is 1. The number of carbonyl (C=O) groups is 1. The van der Waals surface area contributed by atoms with Crippen LogP contribution in [0, 0.1) is 5.92 Å². The molecule has 1 N–H and O–H groups in total. The van der Waals surface area contributed by atoms with Crippen LogP contribution in [0.1, 0.15) is 42.6 Å². The Morgan fingerprint density at radius 1 is 1.39 bits per heavy atom. The number of methoxy groups -OCH3 is 1. The van der Waals surface area contributed by atoms with Gasteiger partial charge < -0.3 is 10.1 Å². The second-order valence-electron chi connectivity index (χ2n) is 4.66. The minimum Gasteiger partial charge on any atom is -0.464 e. The van der Waals surface area contributed by atoms with Crippen molar-refractivity contribution < 1.29 is 9.53 Å². The van der Waals surface area contributed by atoms with Crippen LogP contribution < -0.4 is 5.32 Å². The molecule has 1 aromatic heterocycles. The molecular formula is C13H19N3O2. The molecule has 98 valence electrons. The predicted octanol–water partition coefficient (Wildman–Crippen LogP) is 2.26. The molecule has 0 unspecified atom stereocenters. The van der Waals surface area contributed by atoms with Gasteiger partial charge in [0.25, 0.3) is 0 Å². The maximum absolute atomic E-state index is 11.2. The van der Waals surface area contributed by atoms with E-state index in [1.54, 1.807) is 12.1 Å². The molecule has 1 saturated carbocycles. The molecule has 0 radical (unpaired) electrons. The first-order chi connectivity index (χ1) is 8.79. The Kier molecular flexibility index (Phi) is 4.50. The summed E-state index contributed by atoms with van der Waals surface area (Å²) in [5, 5.41) is 11.0. The van der Waals surface area contributed by atoms with E-state index in [1.165, 1.54) is 39.2 Å². The lowest BCUT2D eigenvalue weighted by atomic mass is 10.0. The van der Waals surface area contributed by atoms with Gasteiger partial charge in [0, 0.05) is 6.54 Å². The maximum atomic E-state index is 11.2. The monoisotopic (exact) mass is 249 g/mol. The Balaban J connectivity index is 1.77. The van der Waals surface area contributed by atoms with E-state index in [1.807, 2.05) is 0 Å². The van der Waals surface area contributed by atoms with Gasteiger partial charge in [-0.3, -0.25) is 0 Å². The zero-order valence-electron chi connectivity index (χ0n) is 10.7. The van der Waals surface area contributed by atoms with E-state index in [2.05, 4.69) is 20.3 Å². The fraction of sp³-hybridized carbons (Fsp3) is 0.615. The molecule has 0 bridgehead atoms. The predicted molar refractivity (Wildman–Crippen MR) is 68.4 cm³/mol. The van der Waals surface area contributed by atoms with Crippen molar-refractivity contribution in [3.63, 3.8) is 0 Å². The van der Waals surface area contributed by atoms with Gasteiger partial charge in [-0.2, -0.15) is 0 Å². The third-order valence-corrected chi connectivity index (χ3v) is 3.39. The molecule has 1 fully saturated rings. The molecule has 0 spiro atoms. The van der Waals surface area contributed by atoms with Gasteiger partial charge in [0.1, 0.15) is 5.82 Å². The van der Waals surface area contributed by atoms with Crippen LogP contribution in [-0.2, 0) is 4.74 Å². The summed E-state index contributed by atoms with van der Waals surface area (Å²) in [4.78, 5) is 11.2. The van der Waals surface area contributed by atoms with E-state index in [0.717, 1.165) is 12.5 Å². The molecule has 5 nitrogen and oxygen atoms in total. The van der Waals surface area contributed by atoms with Gasteiger partial charge >= 0.3 is 5.97 Å². The summed E-state index contributed by atoms with van der Waals surface area (Å²) in [7, 11) is 1.33. The van der Waals surface area contributed by atoms with Crippen molar-refractivity contribution in [1.82, 2.24) is 10.2 Å². The average Bonchev–Trinajstić information content (AvgIpc) is 2.92. The van der Waals surface area contributed by atoms with Crippen molar-refractivity contribution in [1.29, 1.82) is 0 Å². The molecule has 1 aliphatic carbocycles. The Labute approximate surface area is 107 Å². The summed E-state index contributed by atoms with van der Waals surface area (Å²) in [6, 6.07) is 3.38. The molecule has 1 aromatic rings. The lowest BCUT2D eigenvalue weighted by Crippen LogP contribution is -2.10. The molecule has 0 atom stereocenters. The van der Waals surface area contributed by atoms with E-state index in [4.69, 9.17) is 0 Å². The van der Waals surface area contributed by atoms with Crippen LogP contribution in [-0.4, -0.2) is 29.8 Å². The molecule has 18 heavy (non-hydrogen) atoms. The quantitative estimate of drug-likeness (QED) is 0.811. The van der Waals surface area contributed by atoms with Crippen LogP contribution >= 0.6 is 0 Å². The van der Waals surface area contributed by atoms with Crippen LogP contribution in [0.15, 0.2) is 12.1 Å². The van der Waals surface area contributed by atoms with Crippen molar-refractivity contribution in [2.24, 2.45) is 5.92 Å². The highest BCUT2D eigenvalue weighted by Gasteiger charge is 2.14. The van der Waals surface area contributed by atoms with Crippen LogP contribution in [0.4, 0.5) is 5.82 Å². The number of rotatable bonds is 5. The van der Waals surface area contributed by atoms with Crippen LogP contribution in [0.5, 0.6) is 0 Å². The lowest BCUT2D eigenvalue weighted by Gasteiger charge is -2.09. The minimum atomic E-state index is -0.458. The fourth-order valence-corrected chi connectivity index (χ4v) is 2.34. The standard InChI is InChI=1S/C13H19N3O2/c1-18-13(17)11-6-7-12(16-15-11)14-9-8-10-4-2-3-5-10/h6-7,10H,2-5,8-9H2,1H3,(H,14,16). The molecule has 1 heterocycles. The Bertz CT molecular complexity index is 386. The molecule has 0 amide bonds. The smallest absolute Gasteiger partial charge is 0.358 e. The number of ether oxygens (including phenoxy) is 1. The van der Waals surface area contributed by atoms with E-state index < -0.39 is 5.97 Å². The number of hydrogen-bond acceptors (Lipinski definition) is 5. The van der Waals surface area contributed by atoms with Crippen LogP contribution in [0.2, 0.25) is 0 Å². The molecule has 0 aromatic carbocycles. The second kappa shape index (κ2) is 6.33. The normalized spacial score (nSPS) is 15.6. The highest BCUT2D eigenvalue weighted by atomic mass is 16.5. The molecule has 5 heteroatoms. The number of nitrogens with one attached hydrogen (secondary N) is 1. The van der Waals surface area contributed by atoms with Crippen molar-refractivity contribution in [2.45, 2.75) is 32.1 Å². The summed E-state index contributed by atoms with van der Waals surface area (Å²) in [5.74, 6) is 1.11. The van der Waals surface area contributed by atoms with Crippen molar-refractivity contribution in [3.05, 3.63) is 17.8 Å². The Hall–Kier alpha value is -1.65. The van der Waals surface area contributed by atoms with Crippen molar-refractivity contribution >= 4 is 11.8 Å². The summed E-state index contributed by atoms with van der Waals surface area (Å²) in [6.45, 7) is 0.914. The highest BCUT2D eigenvalue weighted by Crippen LogP contribution is 2.27. The zero-order valence-corrected chi connectivity index (χ0v) is 10.7. The van der Waals surface area contributed by atoms with Gasteiger partial charge in [-0.15, -0.1) is 10.2 Å². The first-order valence-electron chi connectivity index (χ1n) is 6.45. The molecule has 2 rings (SSSR count). The third-order valence-electron chi connectivity index (χ3n) is 3.39. The highest BCUT2D eigenvalue weighted by molar-refractivity contribution is 5.86. The first kappa shape index (κ1) is 12.8. The van der Waals surface area contributed by atoms with Gasteiger partial charge in [0.2, 0.25) is 0 Å². The van der Waals surface area contributed by atoms with Gasteiger partial charge in [0.05, 0.1) is 7.11 Å². The van der Waals surface area contributed by atoms with Crippen molar-refractivity contribution in [2.75, 3.05) is 19.0 Å². The maximum Gasteiger partial charge on any atom is 0.358 e. The fourth-order valence-electron chi connectivity index (χ4n) is 2.34. The number of esters is 1. The Morgan fingerprint density at radius 3 is 2.78 bits per heavy atom. The summed E-state index contributed by atoms with van der Waals surface area (Å²) < 4.78 is 4.56. The number of aromatic nitrogens is 2. The SMILES string of the molecule is COC(=O)c1ccc(NCCC2CCCC2)nn1. The largest absolute Gasteiger partial charge is 0.464 e. The molecule has 0 saturated heterocycles. The van der Waals surface area contributed by atoms with E-state index >= 15 is 0 Å². The molecule has 0 aliphatic heterocycles. The van der Waals surface area contributed by atoms with Gasteiger partial charge in [-0.1, -0.05) is 25.7 Å². The van der Waals surface area contributed by atoms with Gasteiger partial charge in [-0.25, -0.2) is 4.79 Å². The lowest BCUT2D eigenvalue weighted by molar-refractivity contribution is 0.0593. The number of hydrogen-bond donors (Lipinski definition) is 1. The van der Waals surface area contributed by atoms with E-state index in [9.17, 15) is 4.79 Å². The average molecular weight is 249 g/mol. The molecular weight excluding hydrogens is 230 g/mol. The van der Waals surface area contributed by atoms with Crippen LogP contribution in [0.3, 0.4) is 0 Å². The zero-order chi connectivity index (χ0) is 12.8. The van der Waals surface area contributed by atoms with E-state index in [-0.39, 0.29) is 5.69 Å². The van der Waals surface area contributed by atoms with E-state index in [0.29, 0.717) is 5.82 Å². The van der Waals surface area contributed by atoms with Crippen molar-refractivity contribution in [3.8, 4) is 0 Å². The Morgan fingerprint density at radius 2 is 2.17 bits per heavy atom. The first-order valence-corrected chi connectivity index (χ1v) is 6.45. The third kappa shape index (κ3) is 3.42. The van der Waals surface area contributed by atoms with Crippen LogP contribution in [0.25, 0.3) is 0 Å². The number of carbonyl (C=O) groups excluding carboxylic acids is 1.